The van der Waals surface area contributed by atoms with E-state index < -0.39 is 22.3 Å². The number of amides is 1. The molecule has 0 radical (unpaired) electrons. The van der Waals surface area contributed by atoms with E-state index in [0.717, 1.165) is 11.1 Å². The lowest BCUT2D eigenvalue weighted by Crippen LogP contribution is -2.49. The number of nitrogens with two attached hydrogens (primary N) is 1. The second-order valence-corrected chi connectivity index (χ2v) is 6.26. The predicted octanol–water partition coefficient (Wildman–Crippen LogP) is 0.535. The summed E-state index contributed by atoms with van der Waals surface area (Å²) in [6.07, 6.45) is -0.400. The maximum atomic E-state index is 12.3. The zero-order valence-corrected chi connectivity index (χ0v) is 12.6. The minimum Gasteiger partial charge on any atom is -0.449 e. The fraction of sp³-hybridized carbons (Fsp3) is 0.462. The lowest BCUT2D eigenvalue weighted by Gasteiger charge is -2.35. The molecule has 7 nitrogen and oxygen atoms in total. The highest BCUT2D eigenvalue weighted by Crippen LogP contribution is 2.30. The number of hydrogen-bond acceptors (Lipinski definition) is 5. The summed E-state index contributed by atoms with van der Waals surface area (Å²) >= 11 is 0. The zero-order valence-electron chi connectivity index (χ0n) is 11.8. The molecule has 0 aromatic heterocycles. The van der Waals surface area contributed by atoms with Gasteiger partial charge in [-0.05, 0) is 24.5 Å². The van der Waals surface area contributed by atoms with Crippen molar-refractivity contribution >= 4 is 16.3 Å². The van der Waals surface area contributed by atoms with Crippen LogP contribution in [0, 0.1) is 0 Å². The number of carbonyl (C=O) groups excluding carboxylic acids is 1. The van der Waals surface area contributed by atoms with Crippen molar-refractivity contribution in [2.45, 2.75) is 19.4 Å². The molecule has 1 unspecified atom stereocenters. The molecular formula is C13H19N3O4S. The van der Waals surface area contributed by atoms with Gasteiger partial charge in [-0.3, -0.25) is 0 Å². The molecule has 3 N–H and O–H groups in total. The Morgan fingerprint density at radius 1 is 1.48 bits per heavy atom. The van der Waals surface area contributed by atoms with Crippen LogP contribution in [-0.4, -0.2) is 38.5 Å². The molecule has 1 aromatic rings. The Bertz CT molecular complexity index is 618. The van der Waals surface area contributed by atoms with Gasteiger partial charge >= 0.3 is 16.3 Å². The highest BCUT2D eigenvalue weighted by atomic mass is 32.2. The van der Waals surface area contributed by atoms with E-state index in [4.69, 9.17) is 5.73 Å². The fourth-order valence-corrected chi connectivity index (χ4v) is 3.74. The van der Waals surface area contributed by atoms with Gasteiger partial charge in [-0.15, -0.1) is 0 Å². The molecular weight excluding hydrogens is 294 g/mol. The van der Waals surface area contributed by atoms with Gasteiger partial charge in [0.05, 0.1) is 12.6 Å². The van der Waals surface area contributed by atoms with Crippen LogP contribution in [0.1, 0.15) is 24.1 Å². The third kappa shape index (κ3) is 3.34. The maximum absolute atomic E-state index is 12.3. The molecule has 8 heteroatoms. The largest absolute Gasteiger partial charge is 0.449 e. The normalized spacial score (nSPS) is 18.9. The first kappa shape index (κ1) is 15.7. The maximum Gasteiger partial charge on any atom is 0.421 e. The van der Waals surface area contributed by atoms with Crippen molar-refractivity contribution in [2.24, 2.45) is 5.73 Å². The summed E-state index contributed by atoms with van der Waals surface area (Å²) in [5, 5.41) is 0. The van der Waals surface area contributed by atoms with Gasteiger partial charge in [-0.1, -0.05) is 24.3 Å². The minimum atomic E-state index is -3.98. The third-order valence-corrected chi connectivity index (χ3v) is 4.86. The molecule has 1 aliphatic heterocycles. The number of nitrogens with zero attached hydrogens (tertiary/aromatic N) is 1. The van der Waals surface area contributed by atoms with Crippen LogP contribution < -0.4 is 10.5 Å². The summed E-state index contributed by atoms with van der Waals surface area (Å²) in [6, 6.07) is 7.09. The van der Waals surface area contributed by atoms with Crippen molar-refractivity contribution in [3.8, 4) is 0 Å². The van der Waals surface area contributed by atoms with Gasteiger partial charge in [-0.25, -0.2) is 9.52 Å². The van der Waals surface area contributed by atoms with Gasteiger partial charge < -0.3 is 10.5 Å². The smallest absolute Gasteiger partial charge is 0.421 e. The Morgan fingerprint density at radius 3 is 2.86 bits per heavy atom. The molecule has 2 rings (SSSR count). The van der Waals surface area contributed by atoms with Crippen LogP contribution in [0.5, 0.6) is 0 Å². The van der Waals surface area contributed by atoms with E-state index in [1.165, 1.54) is 4.31 Å². The summed E-state index contributed by atoms with van der Waals surface area (Å²) in [7, 11) is -3.98. The first-order valence-corrected chi connectivity index (χ1v) is 8.17. The molecule has 0 bridgehead atoms. The van der Waals surface area contributed by atoms with E-state index in [9.17, 15) is 13.2 Å². The van der Waals surface area contributed by atoms with Crippen LogP contribution in [0.2, 0.25) is 0 Å². The number of carbonyl (C=O) groups is 1. The Labute approximate surface area is 124 Å². The van der Waals surface area contributed by atoms with Crippen molar-refractivity contribution in [2.75, 3.05) is 19.7 Å². The average Bonchev–Trinajstić information content (AvgIpc) is 2.45. The van der Waals surface area contributed by atoms with Gasteiger partial charge in [0.1, 0.15) is 0 Å². The van der Waals surface area contributed by atoms with Crippen molar-refractivity contribution in [1.82, 2.24) is 9.03 Å². The Hall–Kier alpha value is -1.64. The van der Waals surface area contributed by atoms with Gasteiger partial charge in [-0.2, -0.15) is 12.7 Å². The summed E-state index contributed by atoms with van der Waals surface area (Å²) in [6.45, 7) is 2.12. The van der Waals surface area contributed by atoms with Gasteiger partial charge in [0, 0.05) is 13.1 Å². The Balaban J connectivity index is 2.26. The lowest BCUT2D eigenvalue weighted by atomic mass is 9.94. The van der Waals surface area contributed by atoms with Crippen LogP contribution in [0.3, 0.4) is 0 Å². The Kier molecular flexibility index (Phi) is 4.81. The summed E-state index contributed by atoms with van der Waals surface area (Å²) in [5.74, 6) is 0. The SMILES string of the molecule is CCOC(=O)NS(=O)(=O)N1CCc2ccccc2C1CN. The standard InChI is InChI=1S/C13H19N3O4S/c1-2-20-13(17)15-21(18,19)16-8-7-10-5-3-4-6-11(10)12(16)9-14/h3-6,12H,2,7-9,14H2,1H3,(H,15,17). The van der Waals surface area contributed by atoms with E-state index in [1.807, 2.05) is 29.0 Å². The molecule has 1 aromatic carbocycles. The number of nitrogens with one attached hydrogen (secondary N) is 1. The monoisotopic (exact) mass is 313 g/mol. The zero-order chi connectivity index (χ0) is 15.5. The quantitative estimate of drug-likeness (QED) is 0.844. The second-order valence-electron chi connectivity index (χ2n) is 4.64. The van der Waals surface area contributed by atoms with Crippen LogP contribution in [0.15, 0.2) is 24.3 Å². The molecule has 0 saturated carbocycles. The van der Waals surface area contributed by atoms with Gasteiger partial charge in [0.15, 0.2) is 0 Å². The highest BCUT2D eigenvalue weighted by molar-refractivity contribution is 7.87. The molecule has 0 fully saturated rings. The number of rotatable bonds is 4. The number of ether oxygens (including phenoxy) is 1. The summed E-state index contributed by atoms with van der Waals surface area (Å²) < 4.78 is 32.4. The molecule has 21 heavy (non-hydrogen) atoms. The van der Waals surface area contributed by atoms with Crippen LogP contribution in [0.25, 0.3) is 0 Å². The molecule has 116 valence electrons. The van der Waals surface area contributed by atoms with E-state index in [1.54, 1.807) is 6.92 Å². The fourth-order valence-electron chi connectivity index (χ4n) is 2.49. The van der Waals surface area contributed by atoms with Crippen LogP contribution >= 0.6 is 0 Å². The molecule has 0 spiro atoms. The van der Waals surface area contributed by atoms with Crippen molar-refractivity contribution < 1.29 is 17.9 Å². The summed E-state index contributed by atoms with van der Waals surface area (Å²) in [5.41, 5.74) is 7.70. The highest BCUT2D eigenvalue weighted by Gasteiger charge is 2.35. The topological polar surface area (TPSA) is 102 Å². The van der Waals surface area contributed by atoms with Gasteiger partial charge in [0.2, 0.25) is 0 Å². The van der Waals surface area contributed by atoms with E-state index in [0.29, 0.717) is 6.42 Å². The van der Waals surface area contributed by atoms with E-state index in [2.05, 4.69) is 4.74 Å². The first-order valence-electron chi connectivity index (χ1n) is 6.73. The average molecular weight is 313 g/mol. The van der Waals surface area contributed by atoms with Crippen molar-refractivity contribution in [3.63, 3.8) is 0 Å². The number of fused-ring (bicyclic) bond motifs is 1. The molecule has 1 amide bonds. The molecule has 1 aliphatic rings. The number of benzene rings is 1. The molecule has 0 saturated heterocycles. The van der Waals surface area contributed by atoms with E-state index in [-0.39, 0.29) is 19.7 Å². The second kappa shape index (κ2) is 6.42. The molecule has 1 heterocycles. The first-order chi connectivity index (χ1) is 9.99. The Morgan fingerprint density at radius 2 is 2.19 bits per heavy atom. The third-order valence-electron chi connectivity index (χ3n) is 3.38. The number of hydrogen-bond donors (Lipinski definition) is 2. The van der Waals surface area contributed by atoms with Crippen LogP contribution in [0.4, 0.5) is 4.79 Å². The van der Waals surface area contributed by atoms with Crippen molar-refractivity contribution in [3.05, 3.63) is 35.4 Å². The molecule has 1 atom stereocenters. The van der Waals surface area contributed by atoms with Crippen LogP contribution in [-0.2, 0) is 21.4 Å². The van der Waals surface area contributed by atoms with Crippen molar-refractivity contribution in [1.29, 1.82) is 0 Å². The minimum absolute atomic E-state index is 0.102. The predicted molar refractivity (Wildman–Crippen MR) is 77.7 cm³/mol. The van der Waals surface area contributed by atoms with Gasteiger partial charge in [0.25, 0.3) is 0 Å². The lowest BCUT2D eigenvalue weighted by molar-refractivity contribution is 0.157. The van der Waals surface area contributed by atoms with E-state index >= 15 is 0 Å². The summed E-state index contributed by atoms with van der Waals surface area (Å²) in [4.78, 5) is 11.4. The molecule has 0 aliphatic carbocycles.